The molecular weight excluding hydrogens is 721 g/mol. The molecule has 2 aromatic heterocycles. The number of nitrogens with one attached hydrogen (secondary N) is 2. The number of carbonyl (C=O) groups excluding carboxylic acids is 3. The molecule has 0 spiro atoms. The fraction of sp³-hybridized carbons (Fsp3) is 0.488. The summed E-state index contributed by atoms with van der Waals surface area (Å²) in [6.07, 6.45) is 4.69. The van der Waals surface area contributed by atoms with Crippen LogP contribution in [0.25, 0.3) is 0 Å². The summed E-state index contributed by atoms with van der Waals surface area (Å²) >= 11 is 3.04. The van der Waals surface area contributed by atoms with Gasteiger partial charge in [0.2, 0.25) is 0 Å². The standard InChI is InChI=1S/C41H54N6O5S2/c1-30(2)39-43-35(28-53-39)26-46(3)40(49)45-37(16-17-47-18-20-51-21-19-47)38(48)24-33(22-31-10-6-4-7-11-31)14-15-34(23-32-12-8-5-9-13-32)44-41(50)52-27-36-25-42-29-54-36/h4-13,25,28-30,33-34,37H,14-24,26-27H2,1-3H3,(H,44,50)(H,45,49)/t33-,34-,37+/m1/s1. The van der Waals surface area contributed by atoms with Crippen molar-refractivity contribution in [2.24, 2.45) is 5.92 Å². The largest absolute Gasteiger partial charge is 0.444 e. The first kappa shape index (κ1) is 41.0. The SMILES string of the molecule is CC(C)c1nc(CN(C)C(=O)N[C@@H](CCN2CCOCC2)C(=O)C[C@H](CC[C@H](Cc2ccccc2)NC(=O)OCc2cncs2)Cc2ccccc2)cs1. The van der Waals surface area contributed by atoms with Crippen molar-refractivity contribution in [3.8, 4) is 0 Å². The zero-order valence-electron chi connectivity index (χ0n) is 31.7. The Labute approximate surface area is 327 Å². The van der Waals surface area contributed by atoms with Crippen molar-refractivity contribution in [1.82, 2.24) is 30.4 Å². The van der Waals surface area contributed by atoms with Gasteiger partial charge >= 0.3 is 12.1 Å². The fourth-order valence-electron chi connectivity index (χ4n) is 6.55. The molecule has 13 heteroatoms. The molecule has 3 heterocycles. The number of rotatable bonds is 20. The highest BCUT2D eigenvalue weighted by Gasteiger charge is 2.28. The van der Waals surface area contributed by atoms with Crippen LogP contribution in [0.5, 0.6) is 0 Å². The molecule has 1 aliphatic rings. The molecule has 11 nitrogen and oxygen atoms in total. The lowest BCUT2D eigenvalue weighted by Crippen LogP contribution is -2.49. The quantitative estimate of drug-likeness (QED) is 0.0976. The van der Waals surface area contributed by atoms with Crippen LogP contribution in [0, 0.1) is 5.92 Å². The number of hydrogen-bond acceptors (Lipinski definition) is 10. The van der Waals surface area contributed by atoms with Crippen molar-refractivity contribution in [2.75, 3.05) is 39.9 Å². The summed E-state index contributed by atoms with van der Waals surface area (Å²) < 4.78 is 11.1. The zero-order valence-corrected chi connectivity index (χ0v) is 33.3. The third kappa shape index (κ3) is 13.9. The van der Waals surface area contributed by atoms with E-state index in [2.05, 4.69) is 58.6 Å². The van der Waals surface area contributed by atoms with E-state index in [1.54, 1.807) is 35.0 Å². The first-order valence-electron chi connectivity index (χ1n) is 18.9. The predicted octanol–water partition coefficient (Wildman–Crippen LogP) is 7.09. The third-order valence-electron chi connectivity index (χ3n) is 9.59. The van der Waals surface area contributed by atoms with Crippen molar-refractivity contribution in [3.63, 3.8) is 0 Å². The van der Waals surface area contributed by atoms with E-state index in [1.165, 1.54) is 11.3 Å². The van der Waals surface area contributed by atoms with Gasteiger partial charge in [-0.1, -0.05) is 74.5 Å². The van der Waals surface area contributed by atoms with Crippen molar-refractivity contribution in [1.29, 1.82) is 0 Å². The van der Waals surface area contributed by atoms with E-state index in [4.69, 9.17) is 14.5 Å². The summed E-state index contributed by atoms with van der Waals surface area (Å²) in [5, 5.41) is 9.24. The number of carbonyl (C=O) groups is 3. The van der Waals surface area contributed by atoms with Crippen LogP contribution in [-0.2, 0) is 40.3 Å². The van der Waals surface area contributed by atoms with E-state index in [9.17, 15) is 14.4 Å². The highest BCUT2D eigenvalue weighted by molar-refractivity contribution is 7.09. The molecule has 1 aliphatic heterocycles. The van der Waals surface area contributed by atoms with Crippen LogP contribution in [0.2, 0.25) is 0 Å². The van der Waals surface area contributed by atoms with Crippen LogP contribution in [0.4, 0.5) is 9.59 Å². The maximum absolute atomic E-state index is 14.3. The highest BCUT2D eigenvalue weighted by Crippen LogP contribution is 2.23. The van der Waals surface area contributed by atoms with Gasteiger partial charge in [-0.3, -0.25) is 14.7 Å². The minimum Gasteiger partial charge on any atom is -0.444 e. The van der Waals surface area contributed by atoms with E-state index >= 15 is 0 Å². The monoisotopic (exact) mass is 774 g/mol. The molecule has 1 fully saturated rings. The summed E-state index contributed by atoms with van der Waals surface area (Å²) in [7, 11) is 1.74. The summed E-state index contributed by atoms with van der Waals surface area (Å²) in [6.45, 7) is 8.34. The molecule has 5 rings (SSSR count). The number of amides is 3. The lowest BCUT2D eigenvalue weighted by Gasteiger charge is -2.29. The number of thiazole rings is 2. The minimum absolute atomic E-state index is 0.0122. The average molecular weight is 775 g/mol. The van der Waals surface area contributed by atoms with Crippen LogP contribution >= 0.6 is 22.7 Å². The molecule has 0 radical (unpaired) electrons. The number of hydrogen-bond donors (Lipinski definition) is 2. The van der Waals surface area contributed by atoms with Gasteiger partial charge in [-0.25, -0.2) is 14.6 Å². The Balaban J connectivity index is 1.28. The molecule has 290 valence electrons. The molecular formula is C41H54N6O5S2. The van der Waals surface area contributed by atoms with Gasteiger partial charge in [-0.2, -0.15) is 0 Å². The number of ketones is 1. The van der Waals surface area contributed by atoms with Crippen LogP contribution in [-0.4, -0.2) is 89.7 Å². The molecule has 2 aromatic carbocycles. The van der Waals surface area contributed by atoms with E-state index < -0.39 is 12.1 Å². The molecule has 3 amide bonds. The van der Waals surface area contributed by atoms with Crippen molar-refractivity contribution < 1.29 is 23.9 Å². The van der Waals surface area contributed by atoms with Crippen molar-refractivity contribution in [2.45, 2.75) is 83.5 Å². The summed E-state index contributed by atoms with van der Waals surface area (Å²) in [4.78, 5) is 54.5. The van der Waals surface area contributed by atoms with Crippen LogP contribution in [0.1, 0.15) is 72.2 Å². The first-order chi connectivity index (χ1) is 26.2. The van der Waals surface area contributed by atoms with Crippen LogP contribution in [0.3, 0.4) is 0 Å². The molecule has 0 aliphatic carbocycles. The van der Waals surface area contributed by atoms with Gasteiger partial charge in [0.1, 0.15) is 6.61 Å². The number of alkyl carbamates (subject to hydrolysis) is 1. The summed E-state index contributed by atoms with van der Waals surface area (Å²) in [5.41, 5.74) is 4.80. The predicted molar refractivity (Wildman–Crippen MR) is 214 cm³/mol. The maximum atomic E-state index is 14.3. The number of ether oxygens (including phenoxy) is 2. The number of benzene rings is 2. The summed E-state index contributed by atoms with van der Waals surface area (Å²) in [6, 6.07) is 19.1. The zero-order chi connectivity index (χ0) is 38.1. The number of morpholine rings is 1. The van der Waals surface area contributed by atoms with E-state index in [-0.39, 0.29) is 30.4 Å². The number of Topliss-reactive ketones (excluding diaryl/α,β-unsaturated/α-hetero) is 1. The Morgan fingerprint density at radius 3 is 2.28 bits per heavy atom. The molecule has 3 atom stereocenters. The maximum Gasteiger partial charge on any atom is 0.407 e. The summed E-state index contributed by atoms with van der Waals surface area (Å²) in [5.74, 6) is 0.317. The Morgan fingerprint density at radius 2 is 1.63 bits per heavy atom. The van der Waals surface area contributed by atoms with Crippen LogP contribution < -0.4 is 10.6 Å². The second kappa shape index (κ2) is 21.7. The van der Waals surface area contributed by atoms with Gasteiger partial charge < -0.3 is 25.0 Å². The fourth-order valence-corrected chi connectivity index (χ4v) is 7.89. The van der Waals surface area contributed by atoms with Gasteiger partial charge in [0.25, 0.3) is 0 Å². The van der Waals surface area contributed by atoms with Crippen LogP contribution in [0.15, 0.2) is 77.8 Å². The first-order valence-corrected chi connectivity index (χ1v) is 20.6. The second-order valence-electron chi connectivity index (χ2n) is 14.3. The molecule has 2 N–H and O–H groups in total. The lowest BCUT2D eigenvalue weighted by atomic mass is 9.86. The smallest absolute Gasteiger partial charge is 0.407 e. The van der Waals surface area contributed by atoms with E-state index in [0.29, 0.717) is 70.7 Å². The molecule has 0 bridgehead atoms. The van der Waals surface area contributed by atoms with Crippen molar-refractivity contribution >= 4 is 40.6 Å². The van der Waals surface area contributed by atoms with Gasteiger partial charge in [-0.15, -0.1) is 22.7 Å². The topological polar surface area (TPSA) is 126 Å². The van der Waals surface area contributed by atoms with E-state index in [0.717, 1.165) is 39.8 Å². The molecule has 0 unspecified atom stereocenters. The number of nitrogens with zero attached hydrogens (tertiary/aromatic N) is 4. The normalized spacial score (nSPS) is 15.0. The van der Waals surface area contributed by atoms with Crippen molar-refractivity contribution in [3.05, 3.63) is 104 Å². The minimum atomic E-state index is -0.650. The lowest BCUT2D eigenvalue weighted by molar-refractivity contribution is -0.122. The number of aromatic nitrogens is 2. The average Bonchev–Trinajstić information content (AvgIpc) is 3.89. The van der Waals surface area contributed by atoms with Gasteiger partial charge in [-0.05, 0) is 49.1 Å². The molecule has 1 saturated heterocycles. The van der Waals surface area contributed by atoms with Gasteiger partial charge in [0.15, 0.2) is 5.78 Å². The van der Waals surface area contributed by atoms with Gasteiger partial charge in [0, 0.05) is 56.6 Å². The Bertz CT molecular complexity index is 1700. The van der Waals surface area contributed by atoms with Gasteiger partial charge in [0.05, 0.1) is 46.9 Å². The third-order valence-corrected chi connectivity index (χ3v) is 11.5. The Hall–Kier alpha value is -4.17. The second-order valence-corrected chi connectivity index (χ2v) is 16.2. The molecule has 54 heavy (non-hydrogen) atoms. The molecule has 0 saturated carbocycles. The van der Waals surface area contributed by atoms with E-state index in [1.807, 2.05) is 41.8 Å². The Morgan fingerprint density at radius 1 is 0.926 bits per heavy atom. The Kier molecular flexibility index (Phi) is 16.4. The molecule has 4 aromatic rings. The number of urea groups is 1. The highest BCUT2D eigenvalue weighted by atomic mass is 32.1.